The third-order valence-corrected chi connectivity index (χ3v) is 6.08. The van der Waals surface area contributed by atoms with Crippen molar-refractivity contribution in [3.8, 4) is 0 Å². The zero-order valence-electron chi connectivity index (χ0n) is 14.6. The fraction of sp³-hybridized carbons (Fsp3) is 0.444. The van der Waals surface area contributed by atoms with Gasteiger partial charge in [0, 0.05) is 18.1 Å². The molecule has 146 valence electrons. The van der Waals surface area contributed by atoms with Gasteiger partial charge in [-0.3, -0.25) is 25.0 Å². The van der Waals surface area contributed by atoms with Gasteiger partial charge in [0.05, 0.1) is 21.5 Å². The molecule has 0 aromatic heterocycles. The molecule has 1 saturated heterocycles. The lowest BCUT2D eigenvalue weighted by molar-refractivity contribution is -0.394. The molecule has 0 amide bonds. The van der Waals surface area contributed by atoms with E-state index in [4.69, 9.17) is 9.47 Å². The summed E-state index contributed by atoms with van der Waals surface area (Å²) in [7, 11) is 0. The molecule has 1 aliphatic heterocycles. The summed E-state index contributed by atoms with van der Waals surface area (Å²) in [6.07, 6.45) is 2.42. The molecule has 4 rings (SSSR count). The fourth-order valence-corrected chi connectivity index (χ4v) is 4.92. The molecular weight excluding hydrogens is 372 g/mol. The van der Waals surface area contributed by atoms with Crippen LogP contribution in [0.5, 0.6) is 0 Å². The summed E-state index contributed by atoms with van der Waals surface area (Å²) < 4.78 is 10.9. The Bertz CT molecular complexity index is 896. The Kier molecular flexibility index (Phi) is 3.95. The number of hydrogen-bond donors (Lipinski definition) is 0. The smallest absolute Gasteiger partial charge is 0.339 e. The topological polar surface area (TPSA) is 139 Å². The first-order valence-electron chi connectivity index (χ1n) is 8.76. The van der Waals surface area contributed by atoms with Crippen LogP contribution in [0.25, 0.3) is 0 Å². The lowest BCUT2D eigenvalue weighted by atomic mass is 9.53. The summed E-state index contributed by atoms with van der Waals surface area (Å²) in [4.78, 5) is 45.5. The van der Waals surface area contributed by atoms with E-state index in [9.17, 15) is 29.8 Å². The highest BCUT2D eigenvalue weighted by atomic mass is 16.6. The zero-order valence-corrected chi connectivity index (χ0v) is 14.6. The van der Waals surface area contributed by atoms with E-state index in [0.29, 0.717) is 12.3 Å². The number of rotatable bonds is 6. The van der Waals surface area contributed by atoms with Crippen molar-refractivity contribution in [2.75, 3.05) is 0 Å². The molecule has 2 aliphatic carbocycles. The molecule has 1 heterocycles. The molecule has 2 saturated carbocycles. The first kappa shape index (κ1) is 18.1. The molecule has 0 N–H and O–H groups in total. The van der Waals surface area contributed by atoms with Crippen LogP contribution < -0.4 is 0 Å². The first-order chi connectivity index (χ1) is 13.3. The number of non-ortho nitro benzene ring substituents is 2. The van der Waals surface area contributed by atoms with Crippen LogP contribution in [-0.2, 0) is 14.3 Å². The largest absolute Gasteiger partial charge is 0.461 e. The predicted octanol–water partition coefficient (Wildman–Crippen LogP) is 2.56. The molecule has 0 bridgehead atoms. The highest BCUT2D eigenvalue weighted by molar-refractivity contribution is 5.92. The van der Waals surface area contributed by atoms with E-state index in [1.54, 1.807) is 0 Å². The maximum absolute atomic E-state index is 12.6. The molecular formula is C18H16N2O8. The predicted molar refractivity (Wildman–Crippen MR) is 92.3 cm³/mol. The molecule has 0 unspecified atom stereocenters. The van der Waals surface area contributed by atoms with Crippen molar-refractivity contribution in [3.05, 3.63) is 56.6 Å². The molecule has 1 aromatic carbocycles. The molecule has 1 aromatic rings. The van der Waals surface area contributed by atoms with E-state index in [1.807, 2.05) is 0 Å². The SMILES string of the molecule is C=C[C@@H](OC(=O)c1cc([N+](=O)[O-])cc([N+](=O)[O-])c1)[C@]12C[C@@H]3CC[C@H](OC1=O)[C@@H]32. The average Bonchev–Trinajstić information content (AvgIpc) is 3.06. The van der Waals surface area contributed by atoms with Crippen molar-refractivity contribution in [2.45, 2.75) is 31.5 Å². The van der Waals surface area contributed by atoms with Gasteiger partial charge in [0.15, 0.2) is 0 Å². The van der Waals surface area contributed by atoms with Gasteiger partial charge in [0.25, 0.3) is 11.4 Å². The van der Waals surface area contributed by atoms with Crippen LogP contribution in [0, 0.1) is 37.5 Å². The highest BCUT2D eigenvalue weighted by Gasteiger charge is 2.73. The lowest BCUT2D eigenvalue weighted by Crippen LogP contribution is -2.56. The van der Waals surface area contributed by atoms with Crippen LogP contribution in [0.2, 0.25) is 0 Å². The lowest BCUT2D eigenvalue weighted by Gasteiger charge is -2.48. The Labute approximate surface area is 158 Å². The fourth-order valence-electron chi connectivity index (χ4n) is 4.92. The second kappa shape index (κ2) is 6.11. The van der Waals surface area contributed by atoms with Crippen LogP contribution in [-0.4, -0.2) is 34.0 Å². The number of benzene rings is 1. The Morgan fingerprint density at radius 2 is 1.89 bits per heavy atom. The van der Waals surface area contributed by atoms with E-state index in [2.05, 4.69) is 6.58 Å². The first-order valence-corrected chi connectivity index (χ1v) is 8.76. The maximum Gasteiger partial charge on any atom is 0.339 e. The number of nitro benzene ring substituents is 2. The van der Waals surface area contributed by atoms with Crippen molar-refractivity contribution in [1.29, 1.82) is 0 Å². The van der Waals surface area contributed by atoms with Gasteiger partial charge in [-0.1, -0.05) is 12.7 Å². The van der Waals surface area contributed by atoms with Gasteiger partial charge in [-0.25, -0.2) is 4.79 Å². The summed E-state index contributed by atoms with van der Waals surface area (Å²) in [6.45, 7) is 3.66. The van der Waals surface area contributed by atoms with Crippen LogP contribution in [0.1, 0.15) is 29.6 Å². The van der Waals surface area contributed by atoms with Crippen LogP contribution in [0.15, 0.2) is 30.9 Å². The highest BCUT2D eigenvalue weighted by Crippen LogP contribution is 2.66. The Balaban J connectivity index is 1.63. The number of carbonyl (C=O) groups is 2. The number of ether oxygens (including phenoxy) is 2. The number of nitrogens with zero attached hydrogens (tertiary/aromatic N) is 2. The number of carbonyl (C=O) groups excluding carboxylic acids is 2. The number of esters is 2. The van der Waals surface area contributed by atoms with Gasteiger partial charge < -0.3 is 9.47 Å². The summed E-state index contributed by atoms with van der Waals surface area (Å²) in [5, 5.41) is 22.0. The Hall–Kier alpha value is -3.30. The van der Waals surface area contributed by atoms with Crippen molar-refractivity contribution in [1.82, 2.24) is 0 Å². The summed E-state index contributed by atoms with van der Waals surface area (Å²) >= 11 is 0. The van der Waals surface area contributed by atoms with E-state index in [-0.39, 0.29) is 17.6 Å². The van der Waals surface area contributed by atoms with Crippen molar-refractivity contribution < 1.29 is 28.9 Å². The van der Waals surface area contributed by atoms with Gasteiger partial charge in [0.2, 0.25) is 0 Å². The van der Waals surface area contributed by atoms with Crippen LogP contribution in [0.3, 0.4) is 0 Å². The minimum atomic E-state index is -0.997. The van der Waals surface area contributed by atoms with Crippen molar-refractivity contribution in [2.24, 2.45) is 17.3 Å². The normalized spacial score (nSPS) is 30.6. The molecule has 0 spiro atoms. The van der Waals surface area contributed by atoms with Crippen LogP contribution >= 0.6 is 0 Å². The van der Waals surface area contributed by atoms with Crippen molar-refractivity contribution >= 4 is 23.3 Å². The quantitative estimate of drug-likeness (QED) is 0.313. The van der Waals surface area contributed by atoms with Crippen molar-refractivity contribution in [3.63, 3.8) is 0 Å². The van der Waals surface area contributed by atoms with E-state index in [0.717, 1.165) is 31.0 Å². The number of hydrogen-bond acceptors (Lipinski definition) is 8. The van der Waals surface area contributed by atoms with Gasteiger partial charge >= 0.3 is 11.9 Å². The molecule has 5 atom stereocenters. The monoisotopic (exact) mass is 388 g/mol. The molecule has 10 nitrogen and oxygen atoms in total. The van der Waals surface area contributed by atoms with E-state index in [1.165, 1.54) is 6.08 Å². The standard InChI is InChI=1S/C18H16N2O8/c1-2-14(18-8-9-3-4-13(15(9)18)27-17(18)22)28-16(21)10-5-11(19(23)24)7-12(6-10)20(25)26/h2,5-7,9,13-15H,1,3-4,8H2/t9-,13-,14+,15+,18-/m0/s1. The molecule has 0 radical (unpaired) electrons. The summed E-state index contributed by atoms with van der Waals surface area (Å²) in [6, 6.07) is 2.57. The maximum atomic E-state index is 12.6. The van der Waals surface area contributed by atoms with Gasteiger partial charge in [-0.05, 0) is 25.2 Å². The Morgan fingerprint density at radius 3 is 2.46 bits per heavy atom. The van der Waals surface area contributed by atoms with Gasteiger partial charge in [-0.2, -0.15) is 0 Å². The van der Waals surface area contributed by atoms with Crippen LogP contribution in [0.4, 0.5) is 11.4 Å². The third-order valence-electron chi connectivity index (χ3n) is 6.08. The molecule has 28 heavy (non-hydrogen) atoms. The van der Waals surface area contributed by atoms with Gasteiger partial charge in [0.1, 0.15) is 17.6 Å². The summed E-state index contributed by atoms with van der Waals surface area (Å²) in [5.74, 6) is -1.14. The third kappa shape index (κ3) is 2.40. The Morgan fingerprint density at radius 1 is 1.25 bits per heavy atom. The second-order valence-corrected chi connectivity index (χ2v) is 7.37. The number of nitro groups is 2. The molecule has 10 heteroatoms. The average molecular weight is 388 g/mol. The van der Waals surface area contributed by atoms with Gasteiger partial charge in [-0.15, -0.1) is 0 Å². The van der Waals surface area contributed by atoms with E-state index >= 15 is 0 Å². The van der Waals surface area contributed by atoms with E-state index < -0.39 is 44.7 Å². The zero-order chi connectivity index (χ0) is 20.2. The minimum Gasteiger partial charge on any atom is -0.461 e. The molecule has 3 aliphatic rings. The minimum absolute atomic E-state index is 0.0461. The summed E-state index contributed by atoms with van der Waals surface area (Å²) in [5.41, 5.74) is -2.53. The second-order valence-electron chi connectivity index (χ2n) is 7.37. The molecule has 3 fully saturated rings.